The predicted molar refractivity (Wildman–Crippen MR) is 81.3 cm³/mol. The van der Waals surface area contributed by atoms with Crippen LogP contribution >= 0.6 is 0 Å². The van der Waals surface area contributed by atoms with Crippen LogP contribution in [0, 0.1) is 29.6 Å². The summed E-state index contributed by atoms with van der Waals surface area (Å²) < 4.78 is 0. The van der Waals surface area contributed by atoms with Crippen LogP contribution in [0.1, 0.15) is 61.8 Å². The molecule has 0 aromatic carbocycles. The number of hydrogen-bond donors (Lipinski definition) is 0. The molecule has 0 bridgehead atoms. The zero-order valence-corrected chi connectivity index (χ0v) is 13.3. The number of hydrogen-bond acceptors (Lipinski definition) is 0. The molecule has 1 saturated carbocycles. The molecule has 0 aliphatic heterocycles. The molecule has 0 atom stereocenters. The molecule has 0 heterocycles. The molecule has 0 unspecified atom stereocenters. The molecule has 1 aliphatic carbocycles. The summed E-state index contributed by atoms with van der Waals surface area (Å²) in [4.78, 5) is 0. The van der Waals surface area contributed by atoms with Gasteiger partial charge < -0.3 is 0 Å². The van der Waals surface area contributed by atoms with Gasteiger partial charge in [0.05, 0.1) is 0 Å². The van der Waals surface area contributed by atoms with Crippen molar-refractivity contribution in [1.29, 1.82) is 0 Å². The smallest absolute Gasteiger partial charge is 0.00593 e. The molecule has 0 saturated heterocycles. The lowest BCUT2D eigenvalue weighted by atomic mass is 9.82. The van der Waals surface area contributed by atoms with Gasteiger partial charge in [-0.05, 0) is 69.3 Å². The van der Waals surface area contributed by atoms with E-state index in [1.54, 1.807) is 0 Å². The second kappa shape index (κ2) is 6.08. The maximum absolute atomic E-state index is 2.26. The van der Waals surface area contributed by atoms with E-state index in [0.29, 0.717) is 0 Å². The lowest BCUT2D eigenvalue weighted by Crippen LogP contribution is -2.08. The van der Waals surface area contributed by atoms with Crippen molar-refractivity contribution in [2.45, 2.75) is 61.8 Å². The first-order chi connectivity index (χ1) is 8.31. The van der Waals surface area contributed by atoms with Crippen molar-refractivity contribution in [3.63, 3.8) is 0 Å². The summed E-state index contributed by atoms with van der Waals surface area (Å²) in [7, 11) is 0. The molecule has 0 heteroatoms. The zero-order valence-electron chi connectivity index (χ0n) is 13.3. The van der Waals surface area contributed by atoms with Gasteiger partial charge in [0, 0.05) is 0 Å². The van der Waals surface area contributed by atoms with Crippen LogP contribution in [0.5, 0.6) is 0 Å². The van der Waals surface area contributed by atoms with Gasteiger partial charge in [0.2, 0.25) is 0 Å². The van der Waals surface area contributed by atoms with Gasteiger partial charge in [0.1, 0.15) is 0 Å². The minimum Gasteiger partial charge on any atom is -0.0845 e. The van der Waals surface area contributed by atoms with E-state index in [2.05, 4.69) is 61.5 Å². The molecule has 18 heavy (non-hydrogen) atoms. The fourth-order valence-electron chi connectivity index (χ4n) is 2.51. The molecule has 1 rings (SSSR count). The topological polar surface area (TPSA) is 0 Å². The summed E-state index contributed by atoms with van der Waals surface area (Å²) in [6.45, 7) is 17.8. The van der Waals surface area contributed by atoms with Gasteiger partial charge in [-0.2, -0.15) is 0 Å². The van der Waals surface area contributed by atoms with E-state index < -0.39 is 0 Å². The maximum atomic E-state index is 2.26. The van der Waals surface area contributed by atoms with E-state index in [0.717, 1.165) is 6.42 Å². The fraction of sp³-hybridized carbons (Fsp3) is 0.500. The summed E-state index contributed by atoms with van der Waals surface area (Å²) in [6, 6.07) is 0. The summed E-state index contributed by atoms with van der Waals surface area (Å²) >= 11 is 0. The Morgan fingerprint density at radius 2 is 1.28 bits per heavy atom. The average molecular weight is 243 g/mol. The van der Waals surface area contributed by atoms with E-state index >= 15 is 0 Å². The van der Waals surface area contributed by atoms with Gasteiger partial charge in [0.25, 0.3) is 0 Å². The van der Waals surface area contributed by atoms with Crippen molar-refractivity contribution < 1.29 is 0 Å². The lowest BCUT2D eigenvalue weighted by molar-refractivity contribution is 0.867. The van der Waals surface area contributed by atoms with Gasteiger partial charge in [-0.25, -0.2) is 0 Å². The van der Waals surface area contributed by atoms with Crippen LogP contribution in [0.4, 0.5) is 0 Å². The Balaban J connectivity index is 2.86. The van der Waals surface area contributed by atoms with E-state index in [9.17, 15) is 0 Å². The molecule has 0 N–H and O–H groups in total. The Bertz CT molecular complexity index is 331. The molecule has 0 amide bonds. The van der Waals surface area contributed by atoms with Gasteiger partial charge in [-0.15, -0.1) is 0 Å². The van der Waals surface area contributed by atoms with Crippen molar-refractivity contribution in [3.05, 3.63) is 52.4 Å². The normalized spacial score (nSPS) is 23.9. The van der Waals surface area contributed by atoms with E-state index in [1.165, 1.54) is 46.3 Å². The highest BCUT2D eigenvalue weighted by molar-refractivity contribution is 5.60. The molecule has 1 aliphatic rings. The SMILES string of the molecule is CC=C(C)/C(C)=C(/C)C[C]1[C](C)[C](C)[C](C)[C]1C. The largest absolute Gasteiger partial charge is 0.0845 e. The molecule has 0 aromatic rings. The van der Waals surface area contributed by atoms with Crippen LogP contribution in [0.25, 0.3) is 0 Å². The highest BCUT2D eigenvalue weighted by atomic mass is 14.5. The Hall–Kier alpha value is -0.520. The lowest BCUT2D eigenvalue weighted by Gasteiger charge is -2.21. The van der Waals surface area contributed by atoms with Crippen molar-refractivity contribution in [1.82, 2.24) is 0 Å². The highest BCUT2D eigenvalue weighted by Gasteiger charge is 2.43. The first kappa shape index (κ1) is 15.5. The van der Waals surface area contributed by atoms with E-state index in [4.69, 9.17) is 0 Å². The van der Waals surface area contributed by atoms with Crippen LogP contribution < -0.4 is 0 Å². The average Bonchev–Trinajstić information content (AvgIpc) is 2.54. The minimum atomic E-state index is 1.09. The third kappa shape index (κ3) is 2.90. The Labute approximate surface area is 115 Å². The third-order valence-corrected chi connectivity index (χ3v) is 4.70. The van der Waals surface area contributed by atoms with Crippen molar-refractivity contribution in [3.8, 4) is 0 Å². The molecule has 0 nitrogen and oxygen atoms in total. The highest BCUT2D eigenvalue weighted by Crippen LogP contribution is 2.54. The van der Waals surface area contributed by atoms with Gasteiger partial charge in [0.15, 0.2) is 0 Å². The van der Waals surface area contributed by atoms with Crippen LogP contribution in [-0.2, 0) is 0 Å². The first-order valence-corrected chi connectivity index (χ1v) is 6.82. The van der Waals surface area contributed by atoms with Gasteiger partial charge in [-0.3, -0.25) is 0 Å². The van der Waals surface area contributed by atoms with Crippen molar-refractivity contribution in [2.24, 2.45) is 0 Å². The van der Waals surface area contributed by atoms with Crippen LogP contribution in [0.3, 0.4) is 0 Å². The second-order valence-corrected chi connectivity index (χ2v) is 5.53. The Morgan fingerprint density at radius 1 is 0.833 bits per heavy atom. The zero-order chi connectivity index (χ0) is 14.0. The Kier molecular flexibility index (Phi) is 5.25. The summed E-state index contributed by atoms with van der Waals surface area (Å²) in [5.41, 5.74) is 4.32. The molecule has 5 radical (unpaired) electrons. The third-order valence-electron chi connectivity index (χ3n) is 4.70. The van der Waals surface area contributed by atoms with Crippen molar-refractivity contribution in [2.75, 3.05) is 0 Å². The standard InChI is InChI=1S/C18H27/c1-9-11(2)13(4)12(3)10-18-16(7)14(5)15(6)17(18)8/h9H,10H2,1-8H3/b11-9?,13-12-. The maximum Gasteiger partial charge on any atom is -0.00593 e. The molecule has 1 fully saturated rings. The molecule has 99 valence electrons. The predicted octanol–water partition coefficient (Wildman–Crippen LogP) is 5.64. The quantitative estimate of drug-likeness (QED) is 0.562. The monoisotopic (exact) mass is 243 g/mol. The Morgan fingerprint density at radius 3 is 1.67 bits per heavy atom. The minimum absolute atomic E-state index is 1.09. The molecule has 0 spiro atoms. The van der Waals surface area contributed by atoms with E-state index in [-0.39, 0.29) is 0 Å². The summed E-state index contributed by atoms with van der Waals surface area (Å²) in [5, 5.41) is 0. The van der Waals surface area contributed by atoms with E-state index in [1.807, 2.05) is 0 Å². The van der Waals surface area contributed by atoms with Crippen molar-refractivity contribution >= 4 is 0 Å². The summed E-state index contributed by atoms with van der Waals surface area (Å²) in [5.74, 6) is 7.43. The number of rotatable bonds is 3. The summed E-state index contributed by atoms with van der Waals surface area (Å²) in [6.07, 6.45) is 3.28. The van der Waals surface area contributed by atoms with Crippen LogP contribution in [-0.4, -0.2) is 0 Å². The molecular weight excluding hydrogens is 216 g/mol. The fourth-order valence-corrected chi connectivity index (χ4v) is 2.51. The van der Waals surface area contributed by atoms with Crippen LogP contribution in [0.15, 0.2) is 22.8 Å². The molecule has 0 aromatic heterocycles. The van der Waals surface area contributed by atoms with Gasteiger partial charge >= 0.3 is 0 Å². The van der Waals surface area contributed by atoms with Crippen LogP contribution in [0.2, 0.25) is 0 Å². The second-order valence-electron chi connectivity index (χ2n) is 5.53. The molecular formula is C18H27. The number of allylic oxidation sites excluding steroid dienone is 4. The van der Waals surface area contributed by atoms with Gasteiger partial charge in [-0.1, -0.05) is 44.9 Å². The first-order valence-electron chi connectivity index (χ1n) is 6.82.